The second-order valence-corrected chi connectivity index (χ2v) is 2.25. The van der Waals surface area contributed by atoms with Crippen molar-refractivity contribution < 1.29 is 78.8 Å². The van der Waals surface area contributed by atoms with Gasteiger partial charge >= 0.3 is 5.97 Å². The second kappa shape index (κ2) is 5.27. The first-order chi connectivity index (χ1) is 6.37. The molecule has 0 atom stereocenters. The number of benzene rings is 1. The van der Waals surface area contributed by atoms with Crippen molar-refractivity contribution in [2.45, 2.75) is 0 Å². The molecule has 8 heteroatoms. The maximum Gasteiger partial charge on any atom is 0.341 e. The van der Waals surface area contributed by atoms with Crippen molar-refractivity contribution in [3.63, 3.8) is 0 Å². The van der Waals surface area contributed by atoms with E-state index in [0.717, 1.165) is 0 Å². The Labute approximate surface area is 118 Å². The van der Waals surface area contributed by atoms with E-state index in [-0.39, 0.29) is 46.9 Å². The van der Waals surface area contributed by atoms with Crippen molar-refractivity contribution in [1.29, 1.82) is 0 Å². The van der Waals surface area contributed by atoms with Gasteiger partial charge in [0.25, 0.3) is 0 Å². The van der Waals surface area contributed by atoms with E-state index in [1.807, 2.05) is 0 Å². The van der Waals surface area contributed by atoms with Gasteiger partial charge in [0.1, 0.15) is 5.56 Å². The van der Waals surface area contributed by atoms with Gasteiger partial charge in [-0.2, -0.15) is 0 Å². The molecule has 1 N–H and O–H groups in total. The van der Waals surface area contributed by atoms with Crippen LogP contribution < -0.4 is 0 Å². The Hall–Kier alpha value is -0.141. The summed E-state index contributed by atoms with van der Waals surface area (Å²) >= 11 is 0. The zero-order valence-electron chi connectivity index (χ0n) is 6.51. The van der Waals surface area contributed by atoms with Crippen molar-refractivity contribution >= 4 is 5.97 Å². The van der Waals surface area contributed by atoms with E-state index in [9.17, 15) is 26.7 Å². The van der Waals surface area contributed by atoms with Crippen molar-refractivity contribution in [2.75, 3.05) is 0 Å². The minimum atomic E-state index is -2.38. The third-order valence-electron chi connectivity index (χ3n) is 1.42. The molecule has 1 aromatic rings. The maximum atomic E-state index is 12.6. The molecule has 0 radical (unpaired) electrons. The normalized spacial score (nSPS) is 9.67. The van der Waals surface area contributed by atoms with Gasteiger partial charge in [0.15, 0.2) is 23.3 Å². The van der Waals surface area contributed by atoms with Crippen LogP contribution in [0.5, 0.6) is 0 Å². The Bertz CT molecular complexity index is 391. The number of rotatable bonds is 1. The molecule has 1 rings (SSSR count). The van der Waals surface area contributed by atoms with Crippen LogP contribution in [0.3, 0.4) is 0 Å². The fraction of sp³-hybridized carbons (Fsp3) is 0. The van der Waals surface area contributed by atoms with Crippen LogP contribution in [0.4, 0.5) is 22.0 Å². The smallest absolute Gasteiger partial charge is 0.341 e. The van der Waals surface area contributed by atoms with Crippen LogP contribution in [0, 0.1) is 76.0 Å². The Morgan fingerprint density at radius 3 is 1.33 bits per heavy atom. The van der Waals surface area contributed by atoms with E-state index in [4.69, 9.17) is 5.11 Å². The van der Waals surface area contributed by atoms with E-state index in [0.29, 0.717) is 0 Å². The minimum Gasteiger partial charge on any atom is -0.477 e. The summed E-state index contributed by atoms with van der Waals surface area (Å²) in [5.74, 6) is -13.9. The number of carboxylic acid groups (broad SMARTS) is 1. The number of halogens is 5. The van der Waals surface area contributed by atoms with E-state index >= 15 is 0 Å². The molecule has 0 aliphatic carbocycles. The maximum absolute atomic E-state index is 12.6. The molecular formula is C7HF5O2Yb. The summed E-state index contributed by atoms with van der Waals surface area (Å²) < 4.78 is 62.1. The molecule has 0 bridgehead atoms. The Morgan fingerprint density at radius 1 is 0.800 bits per heavy atom. The molecule has 0 aliphatic heterocycles. The third-order valence-corrected chi connectivity index (χ3v) is 1.42. The molecular weight excluding hydrogens is 384 g/mol. The molecule has 0 aromatic heterocycles. The van der Waals surface area contributed by atoms with E-state index in [1.165, 1.54) is 0 Å². The minimum absolute atomic E-state index is 0. The summed E-state index contributed by atoms with van der Waals surface area (Å²) in [6, 6.07) is 0. The first-order valence-electron chi connectivity index (χ1n) is 3.12. The third kappa shape index (κ3) is 2.51. The number of hydrogen-bond acceptors (Lipinski definition) is 1. The monoisotopic (exact) mass is 386 g/mol. The van der Waals surface area contributed by atoms with Crippen LogP contribution >= 0.6 is 0 Å². The molecule has 0 aliphatic rings. The number of carbonyl (C=O) groups is 1. The first-order valence-corrected chi connectivity index (χ1v) is 3.12. The Morgan fingerprint density at radius 2 is 1.07 bits per heavy atom. The molecule has 0 saturated carbocycles. The average Bonchev–Trinajstić information content (AvgIpc) is 2.11. The quantitative estimate of drug-likeness (QED) is 0.457. The van der Waals surface area contributed by atoms with Crippen LogP contribution in [0.1, 0.15) is 10.4 Å². The molecule has 0 heterocycles. The second-order valence-electron chi connectivity index (χ2n) is 2.25. The standard InChI is InChI=1S/C7HF5O2.Yb/c8-2-1(7(13)14)3(9)5(11)6(12)4(2)10;/h(H,13,14);. The fourth-order valence-electron chi connectivity index (χ4n) is 0.793. The number of aromatic carboxylic acids is 1. The number of hydrogen-bond donors (Lipinski definition) is 1. The van der Waals surface area contributed by atoms with Gasteiger partial charge < -0.3 is 5.11 Å². The molecule has 1 aromatic carbocycles. The molecule has 15 heavy (non-hydrogen) atoms. The Kier molecular flexibility index (Phi) is 5.22. The number of carboxylic acids is 1. The van der Waals surface area contributed by atoms with Gasteiger partial charge in [-0.15, -0.1) is 0 Å². The summed E-state index contributed by atoms with van der Waals surface area (Å²) in [6.07, 6.45) is 0. The van der Waals surface area contributed by atoms with Crippen molar-refractivity contribution in [3.05, 3.63) is 34.6 Å². The topological polar surface area (TPSA) is 37.3 Å². The SMILES string of the molecule is O=C(O)c1c(F)c(F)c(F)c(F)c1F.[Yb]. The van der Waals surface area contributed by atoms with Gasteiger partial charge in [0, 0.05) is 46.9 Å². The van der Waals surface area contributed by atoms with Gasteiger partial charge in [0.05, 0.1) is 0 Å². The molecule has 0 spiro atoms. The molecule has 2 nitrogen and oxygen atoms in total. The van der Waals surface area contributed by atoms with Crippen LogP contribution in [0.2, 0.25) is 0 Å². The summed E-state index contributed by atoms with van der Waals surface area (Å²) in [7, 11) is 0. The van der Waals surface area contributed by atoms with Gasteiger partial charge in [-0.25, -0.2) is 26.7 Å². The van der Waals surface area contributed by atoms with E-state index in [1.54, 1.807) is 0 Å². The molecule has 0 unspecified atom stereocenters. The van der Waals surface area contributed by atoms with Crippen LogP contribution in [-0.4, -0.2) is 11.1 Å². The largest absolute Gasteiger partial charge is 0.477 e. The average molecular weight is 385 g/mol. The van der Waals surface area contributed by atoms with Crippen LogP contribution in [-0.2, 0) is 0 Å². The van der Waals surface area contributed by atoms with E-state index in [2.05, 4.69) is 0 Å². The zero-order chi connectivity index (χ0) is 11.0. The summed E-state index contributed by atoms with van der Waals surface area (Å²) in [5, 5.41) is 8.15. The molecule has 0 amide bonds. The van der Waals surface area contributed by atoms with Gasteiger partial charge in [-0.3, -0.25) is 0 Å². The summed E-state index contributed by atoms with van der Waals surface area (Å²) in [5.41, 5.74) is -1.86. The zero-order valence-corrected chi connectivity index (χ0v) is 8.23. The van der Waals surface area contributed by atoms with Crippen molar-refractivity contribution in [1.82, 2.24) is 0 Å². The van der Waals surface area contributed by atoms with Crippen molar-refractivity contribution in [3.8, 4) is 0 Å². The first kappa shape index (κ1) is 14.9. The van der Waals surface area contributed by atoms with Crippen LogP contribution in [0.25, 0.3) is 0 Å². The predicted octanol–water partition coefficient (Wildman–Crippen LogP) is 2.08. The van der Waals surface area contributed by atoms with Gasteiger partial charge in [-0.1, -0.05) is 0 Å². The summed E-state index contributed by atoms with van der Waals surface area (Å²) in [6.45, 7) is 0. The van der Waals surface area contributed by atoms with Gasteiger partial charge in [-0.05, 0) is 0 Å². The Balaban J connectivity index is 0.00000196. The van der Waals surface area contributed by atoms with Crippen LogP contribution in [0.15, 0.2) is 0 Å². The predicted molar refractivity (Wildman–Crippen MR) is 33.2 cm³/mol. The summed E-state index contributed by atoms with van der Waals surface area (Å²) in [4.78, 5) is 10.1. The van der Waals surface area contributed by atoms with Gasteiger partial charge in [0.2, 0.25) is 5.82 Å². The van der Waals surface area contributed by atoms with E-state index < -0.39 is 40.6 Å². The van der Waals surface area contributed by atoms with Crippen molar-refractivity contribution in [2.24, 2.45) is 0 Å². The molecule has 90 valence electrons. The molecule has 0 saturated heterocycles. The molecule has 0 fully saturated rings. The fourth-order valence-corrected chi connectivity index (χ4v) is 0.793.